The van der Waals surface area contributed by atoms with Gasteiger partial charge < -0.3 is 19.9 Å². The van der Waals surface area contributed by atoms with Crippen LogP contribution in [0.2, 0.25) is 0 Å². The molecule has 0 unspecified atom stereocenters. The van der Waals surface area contributed by atoms with Crippen molar-refractivity contribution in [3.05, 3.63) is 53.6 Å². The number of hydrogen-bond donors (Lipinski definition) is 2. The molecule has 0 bridgehead atoms. The highest BCUT2D eigenvalue weighted by Crippen LogP contribution is 2.34. The fraction of sp³-hybridized carbons (Fsp3) is 0.391. The van der Waals surface area contributed by atoms with Gasteiger partial charge in [-0.25, -0.2) is 0 Å². The van der Waals surface area contributed by atoms with Crippen LogP contribution in [-0.2, 0) is 21.4 Å². The van der Waals surface area contributed by atoms with Gasteiger partial charge in [0.05, 0.1) is 18.6 Å². The Kier molecular flexibility index (Phi) is 7.65. The van der Waals surface area contributed by atoms with Crippen LogP contribution in [-0.4, -0.2) is 30.2 Å². The number of rotatable bonds is 10. The molecule has 2 rings (SSSR count). The lowest BCUT2D eigenvalue weighted by Crippen LogP contribution is -2.34. The van der Waals surface area contributed by atoms with Gasteiger partial charge >= 0.3 is 5.97 Å². The van der Waals surface area contributed by atoms with Crippen LogP contribution >= 0.6 is 0 Å². The van der Waals surface area contributed by atoms with Gasteiger partial charge in [-0.15, -0.1) is 0 Å². The SMILES string of the molecule is CCOc1ccc(C(C)(C)C(=O)Nc2cccc(CCC(=O)O)c2)cc1OCC. The van der Waals surface area contributed by atoms with E-state index in [1.807, 2.05) is 58.0 Å². The molecule has 2 aromatic carbocycles. The van der Waals surface area contributed by atoms with Crippen molar-refractivity contribution < 1.29 is 24.2 Å². The van der Waals surface area contributed by atoms with E-state index in [-0.39, 0.29) is 12.3 Å². The maximum atomic E-state index is 13.0. The molecule has 0 spiro atoms. The zero-order chi connectivity index (χ0) is 21.4. The quantitative estimate of drug-likeness (QED) is 0.618. The number of aliphatic carboxylic acids is 1. The molecule has 0 radical (unpaired) electrons. The fourth-order valence-electron chi connectivity index (χ4n) is 2.91. The van der Waals surface area contributed by atoms with E-state index in [2.05, 4.69) is 5.32 Å². The number of carbonyl (C=O) groups is 2. The third-order valence-corrected chi connectivity index (χ3v) is 4.65. The van der Waals surface area contributed by atoms with Gasteiger partial charge in [-0.05, 0) is 69.5 Å². The summed E-state index contributed by atoms with van der Waals surface area (Å²) < 4.78 is 11.3. The van der Waals surface area contributed by atoms with Gasteiger partial charge in [0.25, 0.3) is 0 Å². The third-order valence-electron chi connectivity index (χ3n) is 4.65. The van der Waals surface area contributed by atoms with E-state index in [9.17, 15) is 9.59 Å². The van der Waals surface area contributed by atoms with Gasteiger partial charge in [0.1, 0.15) is 0 Å². The van der Waals surface area contributed by atoms with Crippen LogP contribution in [0.15, 0.2) is 42.5 Å². The second-order valence-corrected chi connectivity index (χ2v) is 7.20. The van der Waals surface area contributed by atoms with Crippen molar-refractivity contribution in [2.45, 2.75) is 46.0 Å². The number of benzene rings is 2. The predicted octanol–water partition coefficient (Wildman–Crippen LogP) is 4.42. The van der Waals surface area contributed by atoms with E-state index in [1.54, 1.807) is 12.1 Å². The Morgan fingerprint density at radius 1 is 1.00 bits per heavy atom. The first kappa shape index (κ1) is 22.3. The topological polar surface area (TPSA) is 84.9 Å². The summed E-state index contributed by atoms with van der Waals surface area (Å²) in [6.45, 7) is 8.54. The predicted molar refractivity (Wildman–Crippen MR) is 113 cm³/mol. The Labute approximate surface area is 171 Å². The molecular weight excluding hydrogens is 370 g/mol. The number of amides is 1. The van der Waals surface area contributed by atoms with Gasteiger partial charge in [-0.3, -0.25) is 9.59 Å². The van der Waals surface area contributed by atoms with Crippen LogP contribution in [0.5, 0.6) is 11.5 Å². The molecule has 0 aromatic heterocycles. The van der Waals surface area contributed by atoms with E-state index in [0.29, 0.717) is 36.8 Å². The van der Waals surface area contributed by atoms with E-state index < -0.39 is 11.4 Å². The Hall–Kier alpha value is -3.02. The minimum Gasteiger partial charge on any atom is -0.490 e. The van der Waals surface area contributed by atoms with E-state index in [4.69, 9.17) is 14.6 Å². The number of ether oxygens (including phenoxy) is 2. The molecule has 2 aromatic rings. The smallest absolute Gasteiger partial charge is 0.303 e. The molecule has 0 saturated heterocycles. The van der Waals surface area contributed by atoms with Crippen LogP contribution in [0.4, 0.5) is 5.69 Å². The van der Waals surface area contributed by atoms with E-state index in [1.165, 1.54) is 0 Å². The highest BCUT2D eigenvalue weighted by Gasteiger charge is 2.31. The molecule has 6 heteroatoms. The Balaban J connectivity index is 2.20. The van der Waals surface area contributed by atoms with Crippen molar-refractivity contribution in [2.24, 2.45) is 0 Å². The van der Waals surface area contributed by atoms with E-state index >= 15 is 0 Å². The molecule has 0 saturated carbocycles. The molecule has 0 heterocycles. The Morgan fingerprint density at radius 2 is 1.69 bits per heavy atom. The van der Waals surface area contributed by atoms with Crippen LogP contribution < -0.4 is 14.8 Å². The molecule has 6 nitrogen and oxygen atoms in total. The molecule has 0 aliphatic heterocycles. The summed E-state index contributed by atoms with van der Waals surface area (Å²) in [6, 6.07) is 12.8. The summed E-state index contributed by atoms with van der Waals surface area (Å²) >= 11 is 0. The highest BCUT2D eigenvalue weighted by molar-refractivity contribution is 5.98. The number of nitrogens with one attached hydrogen (secondary N) is 1. The summed E-state index contributed by atoms with van der Waals surface area (Å²) in [7, 11) is 0. The van der Waals surface area contributed by atoms with Crippen LogP contribution in [0.25, 0.3) is 0 Å². The Bertz CT molecular complexity index is 860. The average molecular weight is 399 g/mol. The molecule has 0 fully saturated rings. The molecular formula is C23H29NO5. The third kappa shape index (κ3) is 5.98. The fourth-order valence-corrected chi connectivity index (χ4v) is 2.91. The Morgan fingerprint density at radius 3 is 2.34 bits per heavy atom. The highest BCUT2D eigenvalue weighted by atomic mass is 16.5. The van der Waals surface area contributed by atoms with Crippen molar-refractivity contribution in [2.75, 3.05) is 18.5 Å². The molecule has 1 amide bonds. The van der Waals surface area contributed by atoms with E-state index in [0.717, 1.165) is 11.1 Å². The van der Waals surface area contributed by atoms with Crippen molar-refractivity contribution in [3.8, 4) is 11.5 Å². The number of aryl methyl sites for hydroxylation is 1. The van der Waals surface area contributed by atoms with Gasteiger partial charge in [0.15, 0.2) is 11.5 Å². The lowest BCUT2D eigenvalue weighted by molar-refractivity contribution is -0.137. The van der Waals surface area contributed by atoms with Crippen molar-refractivity contribution in [1.29, 1.82) is 0 Å². The molecule has 0 aliphatic rings. The first-order valence-corrected chi connectivity index (χ1v) is 9.80. The van der Waals surface area contributed by atoms with Gasteiger partial charge in [0, 0.05) is 12.1 Å². The second-order valence-electron chi connectivity index (χ2n) is 7.20. The molecule has 29 heavy (non-hydrogen) atoms. The summed E-state index contributed by atoms with van der Waals surface area (Å²) in [5.74, 6) is 0.254. The monoisotopic (exact) mass is 399 g/mol. The standard InChI is InChI=1S/C23H29NO5/c1-5-28-19-12-11-17(15-20(19)29-6-2)23(3,4)22(27)24-18-9-7-8-16(14-18)10-13-21(25)26/h7-9,11-12,14-15H,5-6,10,13H2,1-4H3,(H,24,27)(H,25,26). The summed E-state index contributed by atoms with van der Waals surface area (Å²) in [4.78, 5) is 23.8. The van der Waals surface area contributed by atoms with Crippen LogP contribution in [0, 0.1) is 0 Å². The van der Waals surface area contributed by atoms with Crippen molar-refractivity contribution >= 4 is 17.6 Å². The molecule has 2 N–H and O–H groups in total. The largest absolute Gasteiger partial charge is 0.490 e. The van der Waals surface area contributed by atoms with Gasteiger partial charge in [0.2, 0.25) is 5.91 Å². The van der Waals surface area contributed by atoms with Gasteiger partial charge in [-0.2, -0.15) is 0 Å². The zero-order valence-electron chi connectivity index (χ0n) is 17.5. The van der Waals surface area contributed by atoms with Gasteiger partial charge in [-0.1, -0.05) is 18.2 Å². The molecule has 156 valence electrons. The van der Waals surface area contributed by atoms with Crippen molar-refractivity contribution in [1.82, 2.24) is 0 Å². The maximum Gasteiger partial charge on any atom is 0.303 e. The summed E-state index contributed by atoms with van der Waals surface area (Å²) in [5.41, 5.74) is 1.50. The molecule has 0 aliphatic carbocycles. The molecule has 0 atom stereocenters. The maximum absolute atomic E-state index is 13.0. The number of carboxylic acid groups (broad SMARTS) is 1. The normalized spacial score (nSPS) is 11.0. The first-order chi connectivity index (χ1) is 13.8. The average Bonchev–Trinajstić information content (AvgIpc) is 2.68. The lowest BCUT2D eigenvalue weighted by atomic mass is 9.83. The zero-order valence-corrected chi connectivity index (χ0v) is 17.5. The minimum absolute atomic E-state index is 0.0509. The number of carboxylic acids is 1. The van der Waals surface area contributed by atoms with Crippen molar-refractivity contribution in [3.63, 3.8) is 0 Å². The van der Waals surface area contributed by atoms with Crippen LogP contribution in [0.1, 0.15) is 45.2 Å². The summed E-state index contributed by atoms with van der Waals surface area (Å²) in [6.07, 6.45) is 0.467. The first-order valence-electron chi connectivity index (χ1n) is 9.80. The number of hydrogen-bond acceptors (Lipinski definition) is 4. The minimum atomic E-state index is -0.846. The number of anilines is 1. The van der Waals surface area contributed by atoms with Crippen LogP contribution in [0.3, 0.4) is 0 Å². The lowest BCUT2D eigenvalue weighted by Gasteiger charge is -2.25. The number of carbonyl (C=O) groups excluding carboxylic acids is 1. The summed E-state index contributed by atoms with van der Waals surface area (Å²) in [5, 5.41) is 11.8. The second kappa shape index (κ2) is 9.96.